The third-order valence-corrected chi connectivity index (χ3v) is 5.91. The van der Waals surface area contributed by atoms with Crippen LogP contribution in [0.4, 0.5) is 0 Å². The fourth-order valence-corrected chi connectivity index (χ4v) is 3.49. The maximum Gasteiger partial charge on any atom is 0.494 e. The zero-order valence-electron chi connectivity index (χ0n) is 16.3. The Morgan fingerprint density at radius 1 is 1.00 bits per heavy atom. The molecule has 0 atom stereocenters. The molecule has 0 N–H and O–H groups in total. The molecule has 1 heterocycles. The van der Waals surface area contributed by atoms with Crippen LogP contribution in [0.15, 0.2) is 18.2 Å². The van der Waals surface area contributed by atoms with Gasteiger partial charge in [-0.15, -0.1) is 0 Å². The SMILES string of the molecule is COc1ccc(B2OC(C)(C)C(C)(C)O2)cc1OCC1CCCCC1. The molecular weight excluding hydrogens is 315 g/mol. The van der Waals surface area contributed by atoms with Gasteiger partial charge in [0.15, 0.2) is 11.5 Å². The molecule has 4 nitrogen and oxygen atoms in total. The second kappa shape index (κ2) is 7.20. The minimum Gasteiger partial charge on any atom is -0.493 e. The summed E-state index contributed by atoms with van der Waals surface area (Å²) in [5, 5.41) is 0. The summed E-state index contributed by atoms with van der Waals surface area (Å²) in [7, 11) is 1.30. The maximum atomic E-state index is 6.15. The smallest absolute Gasteiger partial charge is 0.493 e. The molecule has 0 radical (unpaired) electrons. The summed E-state index contributed by atoms with van der Waals surface area (Å²) in [5.74, 6) is 2.19. The highest BCUT2D eigenvalue weighted by atomic mass is 16.7. The zero-order chi connectivity index (χ0) is 18.1. The van der Waals surface area contributed by atoms with Gasteiger partial charge in [0.25, 0.3) is 0 Å². The Morgan fingerprint density at radius 3 is 2.24 bits per heavy atom. The molecule has 1 saturated heterocycles. The molecule has 0 amide bonds. The number of methoxy groups -OCH3 is 1. The molecule has 1 aromatic rings. The predicted molar refractivity (Wildman–Crippen MR) is 101 cm³/mol. The topological polar surface area (TPSA) is 36.9 Å². The van der Waals surface area contributed by atoms with Crippen LogP contribution in [0.3, 0.4) is 0 Å². The lowest BCUT2D eigenvalue weighted by atomic mass is 9.79. The summed E-state index contributed by atoms with van der Waals surface area (Å²) in [4.78, 5) is 0. The van der Waals surface area contributed by atoms with E-state index < -0.39 is 0 Å². The Kier molecular flexibility index (Phi) is 5.35. The third kappa shape index (κ3) is 3.98. The number of benzene rings is 1. The number of hydrogen-bond acceptors (Lipinski definition) is 4. The molecule has 5 heteroatoms. The van der Waals surface area contributed by atoms with Crippen LogP contribution < -0.4 is 14.9 Å². The van der Waals surface area contributed by atoms with E-state index in [1.807, 2.05) is 18.2 Å². The fourth-order valence-electron chi connectivity index (χ4n) is 3.49. The Hall–Kier alpha value is -1.20. The first-order valence-electron chi connectivity index (χ1n) is 9.49. The fraction of sp³-hybridized carbons (Fsp3) is 0.700. The first kappa shape index (κ1) is 18.6. The van der Waals surface area contributed by atoms with Gasteiger partial charge in [0, 0.05) is 0 Å². The highest BCUT2D eigenvalue weighted by Crippen LogP contribution is 2.37. The van der Waals surface area contributed by atoms with E-state index in [1.54, 1.807) is 7.11 Å². The minimum absolute atomic E-state index is 0.347. The third-order valence-electron chi connectivity index (χ3n) is 5.91. The lowest BCUT2D eigenvalue weighted by Crippen LogP contribution is -2.41. The molecule has 3 rings (SSSR count). The van der Waals surface area contributed by atoms with Gasteiger partial charge in [0.2, 0.25) is 0 Å². The second-order valence-electron chi connectivity index (χ2n) is 8.31. The highest BCUT2D eigenvalue weighted by Gasteiger charge is 2.51. The van der Waals surface area contributed by atoms with E-state index in [9.17, 15) is 0 Å². The van der Waals surface area contributed by atoms with Crippen molar-refractivity contribution in [1.29, 1.82) is 0 Å². The molecular formula is C20H31BO4. The molecule has 0 bridgehead atoms. The molecule has 0 unspecified atom stereocenters. The van der Waals surface area contributed by atoms with Crippen molar-refractivity contribution >= 4 is 12.6 Å². The monoisotopic (exact) mass is 346 g/mol. The van der Waals surface area contributed by atoms with Crippen LogP contribution in [0.1, 0.15) is 59.8 Å². The summed E-state index contributed by atoms with van der Waals surface area (Å²) in [6, 6.07) is 5.94. The molecule has 1 aliphatic carbocycles. The van der Waals surface area contributed by atoms with Gasteiger partial charge in [-0.25, -0.2) is 0 Å². The van der Waals surface area contributed by atoms with Gasteiger partial charge in [-0.05, 0) is 64.1 Å². The summed E-state index contributed by atoms with van der Waals surface area (Å²) >= 11 is 0. The van der Waals surface area contributed by atoms with Crippen LogP contribution >= 0.6 is 0 Å². The Balaban J connectivity index is 1.73. The highest BCUT2D eigenvalue weighted by molar-refractivity contribution is 6.62. The summed E-state index contributed by atoms with van der Waals surface area (Å²) in [6.07, 6.45) is 6.52. The molecule has 1 aromatic carbocycles. The summed E-state index contributed by atoms with van der Waals surface area (Å²) < 4.78 is 23.9. The Morgan fingerprint density at radius 2 is 1.64 bits per heavy atom. The van der Waals surface area contributed by atoms with E-state index in [1.165, 1.54) is 32.1 Å². The molecule has 25 heavy (non-hydrogen) atoms. The Bertz CT molecular complexity index is 577. The normalized spacial score (nSPS) is 22.8. The van der Waals surface area contributed by atoms with Gasteiger partial charge in [0.05, 0.1) is 24.9 Å². The van der Waals surface area contributed by atoms with Gasteiger partial charge in [-0.2, -0.15) is 0 Å². The minimum atomic E-state index is -0.382. The lowest BCUT2D eigenvalue weighted by molar-refractivity contribution is 0.00578. The average molecular weight is 346 g/mol. The van der Waals surface area contributed by atoms with Crippen molar-refractivity contribution in [3.63, 3.8) is 0 Å². The van der Waals surface area contributed by atoms with Crippen LogP contribution in [-0.2, 0) is 9.31 Å². The van der Waals surface area contributed by atoms with Crippen molar-refractivity contribution in [2.45, 2.75) is 71.0 Å². The van der Waals surface area contributed by atoms with Gasteiger partial charge < -0.3 is 18.8 Å². The first-order valence-corrected chi connectivity index (χ1v) is 9.49. The van der Waals surface area contributed by atoms with E-state index in [0.717, 1.165) is 23.6 Å². The number of hydrogen-bond donors (Lipinski definition) is 0. The largest absolute Gasteiger partial charge is 0.494 e. The molecule has 0 spiro atoms. The van der Waals surface area contributed by atoms with Crippen molar-refractivity contribution in [3.05, 3.63) is 18.2 Å². The van der Waals surface area contributed by atoms with Gasteiger partial charge in [-0.3, -0.25) is 0 Å². The van der Waals surface area contributed by atoms with Gasteiger partial charge >= 0.3 is 7.12 Å². The van der Waals surface area contributed by atoms with E-state index in [-0.39, 0.29) is 18.3 Å². The molecule has 138 valence electrons. The van der Waals surface area contributed by atoms with E-state index in [4.69, 9.17) is 18.8 Å². The quantitative estimate of drug-likeness (QED) is 0.757. The second-order valence-corrected chi connectivity index (χ2v) is 8.31. The van der Waals surface area contributed by atoms with Crippen LogP contribution in [0.2, 0.25) is 0 Å². The Labute approximate surface area is 152 Å². The van der Waals surface area contributed by atoms with Crippen molar-refractivity contribution in [1.82, 2.24) is 0 Å². The number of ether oxygens (including phenoxy) is 2. The van der Waals surface area contributed by atoms with Gasteiger partial charge in [0.1, 0.15) is 0 Å². The molecule has 1 aliphatic heterocycles. The lowest BCUT2D eigenvalue weighted by Gasteiger charge is -2.32. The van der Waals surface area contributed by atoms with E-state index >= 15 is 0 Å². The van der Waals surface area contributed by atoms with E-state index in [0.29, 0.717) is 5.92 Å². The summed E-state index contributed by atoms with van der Waals surface area (Å²) in [6.45, 7) is 9.02. The van der Waals surface area contributed by atoms with Crippen LogP contribution in [-0.4, -0.2) is 32.0 Å². The van der Waals surface area contributed by atoms with Crippen molar-refractivity contribution in [3.8, 4) is 11.5 Å². The molecule has 1 saturated carbocycles. The van der Waals surface area contributed by atoms with Crippen LogP contribution in [0, 0.1) is 5.92 Å². The summed E-state index contributed by atoms with van der Waals surface area (Å²) in [5.41, 5.74) is 0.277. The van der Waals surface area contributed by atoms with E-state index in [2.05, 4.69) is 27.7 Å². The van der Waals surface area contributed by atoms with Crippen molar-refractivity contribution < 1.29 is 18.8 Å². The van der Waals surface area contributed by atoms with Crippen molar-refractivity contribution in [2.24, 2.45) is 5.92 Å². The predicted octanol–water partition coefficient (Wildman–Crippen LogP) is 3.95. The van der Waals surface area contributed by atoms with Crippen molar-refractivity contribution in [2.75, 3.05) is 13.7 Å². The number of rotatable bonds is 5. The molecule has 2 aliphatic rings. The molecule has 2 fully saturated rings. The maximum absolute atomic E-state index is 6.15. The standard InChI is InChI=1S/C20H31BO4/c1-19(2)20(3,4)25-21(24-19)16-11-12-17(22-5)18(13-16)23-14-15-9-7-6-8-10-15/h11-13,15H,6-10,14H2,1-5H3. The van der Waals surface area contributed by atoms with Gasteiger partial charge in [-0.1, -0.05) is 25.3 Å². The first-order chi connectivity index (χ1) is 11.8. The van der Waals surface area contributed by atoms with Crippen LogP contribution in [0.5, 0.6) is 11.5 Å². The molecule has 0 aromatic heterocycles. The average Bonchev–Trinajstić information content (AvgIpc) is 2.81. The zero-order valence-corrected chi connectivity index (χ0v) is 16.3. The van der Waals surface area contributed by atoms with Crippen LogP contribution in [0.25, 0.3) is 0 Å².